The summed E-state index contributed by atoms with van der Waals surface area (Å²) in [6.07, 6.45) is -2.68. The first-order valence-corrected chi connectivity index (χ1v) is 4.84. The third-order valence-corrected chi connectivity index (χ3v) is 2.37. The van der Waals surface area contributed by atoms with Crippen molar-refractivity contribution in [2.24, 2.45) is 7.05 Å². The van der Waals surface area contributed by atoms with Gasteiger partial charge in [-0.2, -0.15) is 18.3 Å². The number of halogens is 3. The van der Waals surface area contributed by atoms with Crippen LogP contribution in [0.1, 0.15) is 5.56 Å². The predicted octanol–water partition coefficient (Wildman–Crippen LogP) is 2.69. The first-order valence-electron chi connectivity index (χ1n) is 4.84. The van der Waals surface area contributed by atoms with Gasteiger partial charge in [-0.3, -0.25) is 4.68 Å². The minimum absolute atomic E-state index is 0.0681. The van der Waals surface area contributed by atoms with Gasteiger partial charge in [-0.05, 0) is 18.2 Å². The van der Waals surface area contributed by atoms with E-state index in [1.54, 1.807) is 24.0 Å². The predicted molar refractivity (Wildman–Crippen MR) is 58.1 cm³/mol. The van der Waals surface area contributed by atoms with E-state index < -0.39 is 11.7 Å². The van der Waals surface area contributed by atoms with E-state index in [-0.39, 0.29) is 5.69 Å². The van der Waals surface area contributed by atoms with E-state index in [1.165, 1.54) is 6.07 Å². The molecule has 90 valence electrons. The summed E-state index contributed by atoms with van der Waals surface area (Å²) >= 11 is 0. The average Bonchev–Trinajstić information content (AvgIpc) is 2.63. The fourth-order valence-electron chi connectivity index (χ4n) is 1.53. The number of aromatic nitrogens is 2. The number of aryl methyl sites for hydroxylation is 1. The Morgan fingerprint density at radius 2 is 1.94 bits per heavy atom. The van der Waals surface area contributed by atoms with Gasteiger partial charge < -0.3 is 5.73 Å². The third-order valence-electron chi connectivity index (χ3n) is 2.37. The lowest BCUT2D eigenvalue weighted by atomic mass is 10.1. The quantitative estimate of drug-likeness (QED) is 0.780. The van der Waals surface area contributed by atoms with E-state index in [1.807, 2.05) is 0 Å². The van der Waals surface area contributed by atoms with Gasteiger partial charge in [-0.25, -0.2) is 0 Å². The van der Waals surface area contributed by atoms with Crippen LogP contribution in [0.3, 0.4) is 0 Å². The number of nitrogen functional groups attached to an aromatic ring is 1. The number of alkyl halides is 3. The van der Waals surface area contributed by atoms with E-state index in [0.29, 0.717) is 11.3 Å². The number of benzene rings is 1. The molecular formula is C11H10F3N3. The highest BCUT2D eigenvalue weighted by Gasteiger charge is 2.30. The van der Waals surface area contributed by atoms with Crippen molar-refractivity contribution in [1.82, 2.24) is 9.78 Å². The number of rotatable bonds is 1. The second-order valence-electron chi connectivity index (χ2n) is 3.67. The molecule has 0 aliphatic heterocycles. The highest BCUT2D eigenvalue weighted by atomic mass is 19.4. The maximum atomic E-state index is 12.4. The van der Waals surface area contributed by atoms with Crippen LogP contribution >= 0.6 is 0 Å². The molecule has 0 fully saturated rings. The van der Waals surface area contributed by atoms with Crippen molar-refractivity contribution in [3.05, 3.63) is 36.0 Å². The number of nitrogens with two attached hydrogens (primary N) is 1. The second-order valence-corrected chi connectivity index (χ2v) is 3.67. The van der Waals surface area contributed by atoms with Crippen LogP contribution < -0.4 is 5.73 Å². The van der Waals surface area contributed by atoms with Gasteiger partial charge in [0.1, 0.15) is 0 Å². The lowest BCUT2D eigenvalue weighted by Gasteiger charge is -2.09. The molecule has 6 heteroatoms. The fraction of sp³-hybridized carbons (Fsp3) is 0.182. The summed E-state index contributed by atoms with van der Waals surface area (Å²) in [6.45, 7) is 0. The normalized spacial score (nSPS) is 11.8. The minimum atomic E-state index is -4.38. The molecule has 0 amide bonds. The van der Waals surface area contributed by atoms with Crippen molar-refractivity contribution in [1.29, 1.82) is 0 Å². The molecule has 0 unspecified atom stereocenters. The van der Waals surface area contributed by atoms with Crippen molar-refractivity contribution in [2.45, 2.75) is 6.18 Å². The van der Waals surface area contributed by atoms with E-state index in [9.17, 15) is 13.2 Å². The van der Waals surface area contributed by atoms with Crippen LogP contribution in [0.25, 0.3) is 11.3 Å². The third kappa shape index (κ3) is 2.25. The molecule has 0 saturated heterocycles. The first kappa shape index (κ1) is 11.5. The molecule has 0 radical (unpaired) electrons. The summed E-state index contributed by atoms with van der Waals surface area (Å²) in [5.74, 6) is 0. The smallest absolute Gasteiger partial charge is 0.398 e. The Bertz CT molecular complexity index is 543. The molecule has 0 saturated carbocycles. The average molecular weight is 241 g/mol. The van der Waals surface area contributed by atoms with Gasteiger partial charge in [-0.1, -0.05) is 6.07 Å². The number of anilines is 1. The minimum Gasteiger partial charge on any atom is -0.398 e. The maximum Gasteiger partial charge on any atom is 0.416 e. The van der Waals surface area contributed by atoms with Crippen LogP contribution in [-0.4, -0.2) is 9.78 Å². The number of hydrogen-bond donors (Lipinski definition) is 1. The largest absolute Gasteiger partial charge is 0.416 e. The van der Waals surface area contributed by atoms with Crippen molar-refractivity contribution in [3.63, 3.8) is 0 Å². The zero-order valence-electron chi connectivity index (χ0n) is 8.99. The Hall–Kier alpha value is -1.98. The zero-order chi connectivity index (χ0) is 12.6. The van der Waals surface area contributed by atoms with E-state index in [4.69, 9.17) is 5.73 Å². The van der Waals surface area contributed by atoms with Crippen LogP contribution in [0.4, 0.5) is 18.9 Å². The lowest BCUT2D eigenvalue weighted by molar-refractivity contribution is -0.137. The SMILES string of the molecule is Cn1ccc(-c2ccc(C(F)(F)F)cc2N)n1. The van der Waals surface area contributed by atoms with Gasteiger partial charge >= 0.3 is 6.18 Å². The summed E-state index contributed by atoms with van der Waals surface area (Å²) in [4.78, 5) is 0. The number of nitrogens with zero attached hydrogens (tertiary/aromatic N) is 2. The first-order chi connectivity index (χ1) is 7.88. The van der Waals surface area contributed by atoms with E-state index in [2.05, 4.69) is 5.10 Å². The van der Waals surface area contributed by atoms with E-state index in [0.717, 1.165) is 12.1 Å². The summed E-state index contributed by atoms with van der Waals surface area (Å²) in [7, 11) is 1.73. The number of hydrogen-bond acceptors (Lipinski definition) is 2. The van der Waals surface area contributed by atoms with Crippen molar-refractivity contribution in [2.75, 3.05) is 5.73 Å². The van der Waals surface area contributed by atoms with Crippen LogP contribution in [0.2, 0.25) is 0 Å². The van der Waals surface area contributed by atoms with Gasteiger partial charge in [0.05, 0.1) is 11.3 Å². The molecule has 1 aromatic heterocycles. The van der Waals surface area contributed by atoms with Gasteiger partial charge in [0, 0.05) is 24.5 Å². The Labute approximate surface area is 95.7 Å². The van der Waals surface area contributed by atoms with Gasteiger partial charge in [-0.15, -0.1) is 0 Å². The molecule has 2 N–H and O–H groups in total. The summed E-state index contributed by atoms with van der Waals surface area (Å²) < 4.78 is 38.9. The molecule has 2 rings (SSSR count). The Balaban J connectivity index is 2.45. The molecule has 0 atom stereocenters. The molecule has 1 aromatic carbocycles. The Morgan fingerprint density at radius 3 is 2.41 bits per heavy atom. The molecule has 3 nitrogen and oxygen atoms in total. The molecule has 0 bridgehead atoms. The van der Waals surface area contributed by atoms with Crippen LogP contribution in [0.5, 0.6) is 0 Å². The summed E-state index contributed by atoms with van der Waals surface area (Å²) in [6, 6.07) is 4.95. The topological polar surface area (TPSA) is 43.8 Å². The summed E-state index contributed by atoms with van der Waals surface area (Å²) in [5, 5.41) is 4.09. The zero-order valence-corrected chi connectivity index (χ0v) is 8.99. The van der Waals surface area contributed by atoms with Crippen molar-refractivity contribution in [3.8, 4) is 11.3 Å². The maximum absolute atomic E-state index is 12.4. The molecule has 17 heavy (non-hydrogen) atoms. The van der Waals surface area contributed by atoms with Crippen LogP contribution in [-0.2, 0) is 13.2 Å². The molecule has 2 aromatic rings. The highest BCUT2D eigenvalue weighted by molar-refractivity contribution is 5.74. The standard InChI is InChI=1S/C11H10F3N3/c1-17-5-4-10(16-17)8-3-2-7(6-9(8)15)11(12,13)14/h2-6H,15H2,1H3. The molecule has 0 aliphatic carbocycles. The van der Waals surface area contributed by atoms with Gasteiger partial charge in [0.15, 0.2) is 0 Å². The summed E-state index contributed by atoms with van der Waals surface area (Å²) in [5.41, 5.74) is 5.98. The molecule has 1 heterocycles. The molecule has 0 aliphatic rings. The van der Waals surface area contributed by atoms with Crippen LogP contribution in [0.15, 0.2) is 30.5 Å². The monoisotopic (exact) mass is 241 g/mol. The molecular weight excluding hydrogens is 231 g/mol. The van der Waals surface area contributed by atoms with Gasteiger partial charge in [0.2, 0.25) is 0 Å². The Kier molecular flexibility index (Phi) is 2.57. The molecule has 0 spiro atoms. The van der Waals surface area contributed by atoms with Crippen molar-refractivity contribution < 1.29 is 13.2 Å². The van der Waals surface area contributed by atoms with Crippen LogP contribution in [0, 0.1) is 0 Å². The van der Waals surface area contributed by atoms with Crippen molar-refractivity contribution >= 4 is 5.69 Å². The fourth-order valence-corrected chi connectivity index (χ4v) is 1.53. The Morgan fingerprint density at radius 1 is 1.24 bits per heavy atom. The highest BCUT2D eigenvalue weighted by Crippen LogP contribution is 2.33. The van der Waals surface area contributed by atoms with Gasteiger partial charge in [0.25, 0.3) is 0 Å². The lowest BCUT2D eigenvalue weighted by Crippen LogP contribution is -2.06. The van der Waals surface area contributed by atoms with E-state index >= 15 is 0 Å². The second kappa shape index (κ2) is 3.80.